The quantitative estimate of drug-likeness (QED) is 0.229. The molecular formula is C26H20N4O4S. The van der Waals surface area contributed by atoms with Crippen LogP contribution in [0.15, 0.2) is 75.8 Å². The number of carbonyl (C=O) groups excluding carboxylic acids is 2. The molecule has 1 aliphatic rings. The van der Waals surface area contributed by atoms with Crippen LogP contribution in [-0.4, -0.2) is 25.9 Å². The molecule has 4 aromatic rings. The fraction of sp³-hybridized carbons (Fsp3) is 0.0769. The predicted octanol–water partition coefficient (Wildman–Crippen LogP) is 6.40. The number of nitrogens with zero attached hydrogens (tertiary/aromatic N) is 3. The summed E-state index contributed by atoms with van der Waals surface area (Å²) in [4.78, 5) is 23.3. The number of fused-ring (bicyclic) bond motifs is 1. The fourth-order valence-electron chi connectivity index (χ4n) is 3.83. The SMILES string of the molecule is Cc1ccc(-n2c(O)c(N=Nc3ccc(/C=C4\SC(=O)NC4=O)cc3O)c3ccccc32)cc1C. The molecule has 0 saturated carbocycles. The molecule has 0 spiro atoms. The van der Waals surface area contributed by atoms with E-state index in [-0.39, 0.29) is 27.9 Å². The van der Waals surface area contributed by atoms with Crippen LogP contribution in [0.5, 0.6) is 11.6 Å². The van der Waals surface area contributed by atoms with Gasteiger partial charge in [-0.15, -0.1) is 10.2 Å². The van der Waals surface area contributed by atoms with Crippen molar-refractivity contribution < 1.29 is 19.8 Å². The third-order valence-corrected chi connectivity index (χ3v) is 6.58. The summed E-state index contributed by atoms with van der Waals surface area (Å²) in [7, 11) is 0. The van der Waals surface area contributed by atoms with Crippen LogP contribution < -0.4 is 5.32 Å². The maximum absolute atomic E-state index is 11.7. The lowest BCUT2D eigenvalue weighted by Crippen LogP contribution is -2.17. The van der Waals surface area contributed by atoms with Gasteiger partial charge in [-0.2, -0.15) is 0 Å². The van der Waals surface area contributed by atoms with E-state index in [1.54, 1.807) is 16.7 Å². The van der Waals surface area contributed by atoms with E-state index in [2.05, 4.69) is 15.5 Å². The smallest absolute Gasteiger partial charge is 0.290 e. The van der Waals surface area contributed by atoms with E-state index >= 15 is 0 Å². The van der Waals surface area contributed by atoms with Gasteiger partial charge in [-0.05, 0) is 78.7 Å². The van der Waals surface area contributed by atoms with E-state index in [9.17, 15) is 19.8 Å². The van der Waals surface area contributed by atoms with Gasteiger partial charge < -0.3 is 10.2 Å². The van der Waals surface area contributed by atoms with E-state index in [4.69, 9.17) is 0 Å². The molecule has 3 aromatic carbocycles. The number of aryl methyl sites for hydroxylation is 2. The van der Waals surface area contributed by atoms with Crippen molar-refractivity contribution in [2.75, 3.05) is 0 Å². The molecule has 1 aromatic heterocycles. The van der Waals surface area contributed by atoms with Crippen LogP contribution in [-0.2, 0) is 4.79 Å². The Kier molecular flexibility index (Phi) is 5.62. The molecule has 5 rings (SSSR count). The molecular weight excluding hydrogens is 464 g/mol. The van der Waals surface area contributed by atoms with Crippen LogP contribution in [0.4, 0.5) is 16.2 Å². The van der Waals surface area contributed by atoms with Gasteiger partial charge in [-0.3, -0.25) is 19.5 Å². The summed E-state index contributed by atoms with van der Waals surface area (Å²) < 4.78 is 1.72. The lowest BCUT2D eigenvalue weighted by Gasteiger charge is -2.09. The van der Waals surface area contributed by atoms with Gasteiger partial charge in [0.1, 0.15) is 11.4 Å². The topological polar surface area (TPSA) is 116 Å². The molecule has 0 aliphatic carbocycles. The second-order valence-corrected chi connectivity index (χ2v) is 9.11. The standard InChI is InChI=1S/C26H20N4O4S/c1-14-7-9-17(11-15(14)2)30-20-6-4-3-5-18(20)23(25(30)33)29-28-19-10-8-16(12-21(19)31)13-22-24(32)27-26(34)35-22/h3-13,31,33H,1-2H3,(H,27,32,34)/b22-13-,29-28?. The molecule has 1 saturated heterocycles. The molecule has 35 heavy (non-hydrogen) atoms. The monoisotopic (exact) mass is 484 g/mol. The van der Waals surface area contributed by atoms with Gasteiger partial charge in [0.15, 0.2) is 5.69 Å². The molecule has 2 amide bonds. The Balaban J connectivity index is 1.52. The second-order valence-electron chi connectivity index (χ2n) is 8.09. The highest BCUT2D eigenvalue weighted by atomic mass is 32.2. The number of aromatic nitrogens is 1. The molecule has 0 unspecified atom stereocenters. The minimum atomic E-state index is -0.473. The minimum Gasteiger partial charge on any atom is -0.506 e. The molecule has 2 heterocycles. The number of carbonyl (C=O) groups is 2. The van der Waals surface area contributed by atoms with Gasteiger partial charge in [-0.25, -0.2) is 0 Å². The average Bonchev–Trinajstić information content (AvgIpc) is 3.29. The first-order valence-corrected chi connectivity index (χ1v) is 11.5. The molecule has 1 aliphatic heterocycles. The summed E-state index contributed by atoms with van der Waals surface area (Å²) in [5.74, 6) is -0.693. The van der Waals surface area contributed by atoms with Gasteiger partial charge in [0, 0.05) is 11.1 Å². The number of phenolic OH excluding ortho intramolecular Hbond substituents is 1. The van der Waals surface area contributed by atoms with Crippen molar-refractivity contribution in [2.45, 2.75) is 13.8 Å². The van der Waals surface area contributed by atoms with Crippen molar-refractivity contribution in [2.24, 2.45) is 10.2 Å². The van der Waals surface area contributed by atoms with E-state index < -0.39 is 11.1 Å². The van der Waals surface area contributed by atoms with Crippen molar-refractivity contribution in [3.8, 4) is 17.3 Å². The molecule has 8 nitrogen and oxygen atoms in total. The van der Waals surface area contributed by atoms with Gasteiger partial charge in [0.2, 0.25) is 5.88 Å². The van der Waals surface area contributed by atoms with Crippen LogP contribution in [0.1, 0.15) is 16.7 Å². The number of azo groups is 1. The van der Waals surface area contributed by atoms with Crippen LogP contribution in [0, 0.1) is 13.8 Å². The first-order valence-electron chi connectivity index (χ1n) is 10.7. The number of benzene rings is 3. The molecule has 0 radical (unpaired) electrons. The van der Waals surface area contributed by atoms with E-state index in [0.29, 0.717) is 10.9 Å². The molecule has 9 heteroatoms. The van der Waals surface area contributed by atoms with Gasteiger partial charge in [-0.1, -0.05) is 30.3 Å². The fourth-order valence-corrected chi connectivity index (χ4v) is 4.51. The third kappa shape index (κ3) is 4.17. The number of imide groups is 1. The molecule has 3 N–H and O–H groups in total. The maximum Gasteiger partial charge on any atom is 0.290 e. The van der Waals surface area contributed by atoms with Crippen molar-refractivity contribution in [1.82, 2.24) is 9.88 Å². The number of thioether (sulfide) groups is 1. The Labute approximate surface area is 204 Å². The lowest BCUT2D eigenvalue weighted by atomic mass is 10.1. The largest absolute Gasteiger partial charge is 0.506 e. The number of para-hydroxylation sites is 1. The number of nitrogens with one attached hydrogen (secondary N) is 1. The summed E-state index contributed by atoms with van der Waals surface area (Å²) >= 11 is 0.799. The highest BCUT2D eigenvalue weighted by Gasteiger charge is 2.25. The van der Waals surface area contributed by atoms with Crippen molar-refractivity contribution in [3.63, 3.8) is 0 Å². The first-order chi connectivity index (χ1) is 16.8. The van der Waals surface area contributed by atoms with Gasteiger partial charge in [0.25, 0.3) is 11.1 Å². The van der Waals surface area contributed by atoms with Crippen molar-refractivity contribution in [1.29, 1.82) is 0 Å². The normalized spacial score (nSPS) is 15.0. The Bertz CT molecular complexity index is 1590. The molecule has 1 fully saturated rings. The molecule has 0 atom stereocenters. The zero-order valence-electron chi connectivity index (χ0n) is 18.8. The Morgan fingerprint density at radius 2 is 1.74 bits per heavy atom. The summed E-state index contributed by atoms with van der Waals surface area (Å²) in [5, 5.41) is 32.5. The average molecular weight is 485 g/mol. The van der Waals surface area contributed by atoms with E-state index in [0.717, 1.165) is 34.1 Å². The maximum atomic E-state index is 11.7. The zero-order valence-corrected chi connectivity index (χ0v) is 19.6. The summed E-state index contributed by atoms with van der Waals surface area (Å²) in [6.45, 7) is 4.04. The summed E-state index contributed by atoms with van der Waals surface area (Å²) in [6, 6.07) is 18.0. The molecule has 174 valence electrons. The number of aromatic hydroxyl groups is 2. The molecule has 0 bridgehead atoms. The van der Waals surface area contributed by atoms with Crippen molar-refractivity contribution in [3.05, 3.63) is 82.3 Å². The van der Waals surface area contributed by atoms with Crippen molar-refractivity contribution >= 4 is 51.3 Å². The number of amides is 2. The van der Waals surface area contributed by atoms with Crippen LogP contribution in [0.3, 0.4) is 0 Å². The third-order valence-electron chi connectivity index (χ3n) is 5.77. The second kappa shape index (κ2) is 8.77. The van der Waals surface area contributed by atoms with Crippen LogP contribution >= 0.6 is 11.8 Å². The number of hydrogen-bond donors (Lipinski definition) is 3. The summed E-state index contributed by atoms with van der Waals surface area (Å²) in [6.07, 6.45) is 1.51. The summed E-state index contributed by atoms with van der Waals surface area (Å²) in [5.41, 5.74) is 4.82. The number of rotatable bonds is 4. The van der Waals surface area contributed by atoms with Crippen LogP contribution in [0.25, 0.3) is 22.7 Å². The predicted molar refractivity (Wildman–Crippen MR) is 136 cm³/mol. The number of phenols is 1. The van der Waals surface area contributed by atoms with E-state index in [1.807, 2.05) is 56.3 Å². The zero-order chi connectivity index (χ0) is 24.7. The Morgan fingerprint density at radius 1 is 0.943 bits per heavy atom. The van der Waals surface area contributed by atoms with Gasteiger partial charge in [0.05, 0.1) is 10.4 Å². The lowest BCUT2D eigenvalue weighted by molar-refractivity contribution is -0.115. The Hall–Kier alpha value is -4.37. The Morgan fingerprint density at radius 3 is 2.46 bits per heavy atom. The highest BCUT2D eigenvalue weighted by molar-refractivity contribution is 8.18. The highest BCUT2D eigenvalue weighted by Crippen LogP contribution is 2.42. The van der Waals surface area contributed by atoms with Gasteiger partial charge >= 0.3 is 0 Å². The minimum absolute atomic E-state index is 0.0621. The number of hydrogen-bond acceptors (Lipinski definition) is 7. The van der Waals surface area contributed by atoms with E-state index in [1.165, 1.54) is 12.1 Å². The van der Waals surface area contributed by atoms with Crippen LogP contribution in [0.2, 0.25) is 0 Å². The first kappa shape index (κ1) is 22.4.